The average Bonchev–Trinajstić information content (AvgIpc) is 3.02. The van der Waals surface area contributed by atoms with Crippen molar-refractivity contribution in [3.05, 3.63) is 56.8 Å². The third-order valence-electron chi connectivity index (χ3n) is 4.28. The van der Waals surface area contributed by atoms with Crippen molar-refractivity contribution in [3.63, 3.8) is 0 Å². The fraction of sp³-hybridized carbons (Fsp3) is 0.211. The third-order valence-corrected chi connectivity index (χ3v) is 5.09. The van der Waals surface area contributed by atoms with Crippen LogP contribution < -0.4 is 4.90 Å². The van der Waals surface area contributed by atoms with E-state index >= 15 is 0 Å². The van der Waals surface area contributed by atoms with Gasteiger partial charge in [0.25, 0.3) is 0 Å². The van der Waals surface area contributed by atoms with E-state index in [4.69, 9.17) is 35.4 Å². The zero-order chi connectivity index (χ0) is 20.3. The van der Waals surface area contributed by atoms with Gasteiger partial charge in [-0.25, -0.2) is 5.10 Å². The minimum atomic E-state index is 0.134. The van der Waals surface area contributed by atoms with Gasteiger partial charge in [0.1, 0.15) is 5.75 Å². The first-order valence-electron chi connectivity index (χ1n) is 8.69. The van der Waals surface area contributed by atoms with Crippen LogP contribution in [0.2, 0.25) is 10.0 Å². The van der Waals surface area contributed by atoms with E-state index in [1.165, 1.54) is 10.9 Å². The van der Waals surface area contributed by atoms with Crippen LogP contribution in [0.4, 0.5) is 5.69 Å². The number of aromatic hydroxyl groups is 1. The van der Waals surface area contributed by atoms with Crippen LogP contribution in [-0.4, -0.2) is 39.3 Å². The van der Waals surface area contributed by atoms with E-state index in [1.54, 1.807) is 24.3 Å². The van der Waals surface area contributed by atoms with E-state index in [1.807, 2.05) is 12.1 Å². The van der Waals surface area contributed by atoms with Gasteiger partial charge >= 0.3 is 0 Å². The molecule has 0 unspecified atom stereocenters. The second kappa shape index (κ2) is 8.77. The van der Waals surface area contributed by atoms with Crippen LogP contribution in [0.15, 0.2) is 41.5 Å². The molecule has 28 heavy (non-hydrogen) atoms. The molecule has 9 heteroatoms. The smallest absolute Gasteiger partial charge is 0.216 e. The van der Waals surface area contributed by atoms with Crippen molar-refractivity contribution in [2.75, 3.05) is 18.0 Å². The summed E-state index contributed by atoms with van der Waals surface area (Å²) in [5.74, 6) is 0.580. The molecule has 0 atom stereocenters. The predicted molar refractivity (Wildman–Crippen MR) is 118 cm³/mol. The summed E-state index contributed by atoms with van der Waals surface area (Å²) in [4.78, 5) is 2.15. The molecule has 146 valence electrons. The zero-order valence-corrected chi connectivity index (χ0v) is 17.7. The lowest BCUT2D eigenvalue weighted by Gasteiger charge is -2.21. The molecule has 0 saturated heterocycles. The largest absolute Gasteiger partial charge is 0.507 e. The van der Waals surface area contributed by atoms with Gasteiger partial charge < -0.3 is 10.0 Å². The maximum atomic E-state index is 10.4. The number of nitrogens with zero attached hydrogens (tertiary/aromatic N) is 4. The highest BCUT2D eigenvalue weighted by atomic mass is 35.5. The summed E-state index contributed by atoms with van der Waals surface area (Å²) in [5, 5.41) is 22.6. The molecule has 2 N–H and O–H groups in total. The van der Waals surface area contributed by atoms with Crippen molar-refractivity contribution in [2.45, 2.75) is 13.8 Å². The Morgan fingerprint density at radius 3 is 2.61 bits per heavy atom. The number of halogens is 2. The maximum Gasteiger partial charge on any atom is 0.216 e. The number of nitrogens with one attached hydrogen (secondary N) is 1. The minimum absolute atomic E-state index is 0.134. The molecule has 0 bridgehead atoms. The minimum Gasteiger partial charge on any atom is -0.507 e. The Morgan fingerprint density at radius 1 is 1.21 bits per heavy atom. The van der Waals surface area contributed by atoms with E-state index in [0.29, 0.717) is 31.8 Å². The summed E-state index contributed by atoms with van der Waals surface area (Å²) in [6.07, 6.45) is 1.53. The number of phenols is 1. The molecule has 0 aliphatic heterocycles. The fourth-order valence-corrected chi connectivity index (χ4v) is 3.46. The van der Waals surface area contributed by atoms with E-state index in [-0.39, 0.29) is 5.75 Å². The Morgan fingerprint density at radius 2 is 1.96 bits per heavy atom. The van der Waals surface area contributed by atoms with Crippen LogP contribution in [0.5, 0.6) is 5.75 Å². The second-order valence-electron chi connectivity index (χ2n) is 5.95. The van der Waals surface area contributed by atoms with Gasteiger partial charge in [-0.05, 0) is 56.4 Å². The molecule has 1 aromatic heterocycles. The van der Waals surface area contributed by atoms with Crippen molar-refractivity contribution in [1.29, 1.82) is 0 Å². The first-order chi connectivity index (χ1) is 13.4. The predicted octanol–water partition coefficient (Wildman–Crippen LogP) is 5.35. The summed E-state index contributed by atoms with van der Waals surface area (Å²) in [5.41, 5.74) is 2.15. The van der Waals surface area contributed by atoms with E-state index in [0.717, 1.165) is 18.8 Å². The Kier molecular flexibility index (Phi) is 6.39. The highest BCUT2D eigenvalue weighted by Gasteiger charge is 2.13. The van der Waals surface area contributed by atoms with Crippen molar-refractivity contribution < 1.29 is 5.11 Å². The number of H-pyrrole nitrogens is 1. The van der Waals surface area contributed by atoms with Crippen molar-refractivity contribution in [3.8, 4) is 17.1 Å². The summed E-state index contributed by atoms with van der Waals surface area (Å²) >= 11 is 17.5. The first kappa shape index (κ1) is 20.4. The van der Waals surface area contributed by atoms with Gasteiger partial charge in [-0.2, -0.15) is 14.9 Å². The van der Waals surface area contributed by atoms with Gasteiger partial charge in [0.05, 0.1) is 11.2 Å². The molecule has 0 saturated carbocycles. The molecular weight excluding hydrogens is 417 g/mol. The molecule has 3 rings (SSSR count). The Balaban J connectivity index is 1.96. The Hall–Kier alpha value is -2.35. The van der Waals surface area contributed by atoms with Crippen LogP contribution in [0.3, 0.4) is 0 Å². The molecule has 0 amide bonds. The monoisotopic (exact) mass is 435 g/mol. The summed E-state index contributed by atoms with van der Waals surface area (Å²) in [7, 11) is 0. The highest BCUT2D eigenvalue weighted by Crippen LogP contribution is 2.29. The second-order valence-corrected chi connectivity index (χ2v) is 7.18. The molecular formula is C19H19Cl2N5OS. The van der Waals surface area contributed by atoms with Gasteiger partial charge in [-0.1, -0.05) is 23.2 Å². The maximum absolute atomic E-state index is 10.4. The molecule has 2 aromatic carbocycles. The van der Waals surface area contributed by atoms with Crippen LogP contribution in [-0.2, 0) is 0 Å². The molecule has 0 spiro atoms. The number of rotatable bonds is 6. The molecule has 0 aliphatic carbocycles. The number of hydrogen-bond acceptors (Lipinski definition) is 5. The lowest BCUT2D eigenvalue weighted by atomic mass is 10.2. The number of benzene rings is 2. The number of aromatic amines is 1. The van der Waals surface area contributed by atoms with E-state index < -0.39 is 0 Å². The average molecular weight is 436 g/mol. The quantitative estimate of drug-likeness (QED) is 0.404. The molecule has 6 nitrogen and oxygen atoms in total. The van der Waals surface area contributed by atoms with Crippen molar-refractivity contribution in [2.24, 2.45) is 5.10 Å². The molecule has 0 aliphatic rings. The Labute approximate surface area is 178 Å². The van der Waals surface area contributed by atoms with E-state index in [2.05, 4.69) is 34.0 Å². The lowest BCUT2D eigenvalue weighted by molar-refractivity contribution is 0.474. The van der Waals surface area contributed by atoms with Gasteiger partial charge in [-0.15, -0.1) is 0 Å². The SMILES string of the molecule is CCN(CC)c1ccc(/C=N/n2c(-c3ccc(Cl)cc3Cl)n[nH]c2=S)c(O)c1. The van der Waals surface area contributed by atoms with E-state index in [9.17, 15) is 5.11 Å². The van der Waals surface area contributed by atoms with Gasteiger partial charge in [0.15, 0.2) is 5.82 Å². The van der Waals surface area contributed by atoms with Gasteiger partial charge in [0, 0.05) is 41.0 Å². The molecule has 0 radical (unpaired) electrons. The number of hydrogen-bond donors (Lipinski definition) is 2. The number of anilines is 1. The standard InChI is InChI=1S/C19H19Cl2N5OS/c1-3-25(4-2)14-7-5-12(17(27)10-14)11-22-26-18(23-24-19(26)28)15-8-6-13(20)9-16(15)21/h5-11,27H,3-4H2,1-2H3,(H,24,28)/b22-11+. The Bertz CT molecular complexity index is 1070. The zero-order valence-electron chi connectivity index (χ0n) is 15.4. The van der Waals surface area contributed by atoms with Crippen LogP contribution in [0, 0.1) is 4.77 Å². The summed E-state index contributed by atoms with van der Waals surface area (Å²) in [6, 6.07) is 10.6. The van der Waals surface area contributed by atoms with Crippen LogP contribution in [0.1, 0.15) is 19.4 Å². The van der Waals surface area contributed by atoms with Crippen molar-refractivity contribution >= 4 is 47.3 Å². The topological polar surface area (TPSA) is 69.4 Å². The lowest BCUT2D eigenvalue weighted by Crippen LogP contribution is -2.21. The number of aromatic nitrogens is 3. The summed E-state index contributed by atoms with van der Waals surface area (Å²) in [6.45, 7) is 5.86. The molecule has 3 aromatic rings. The summed E-state index contributed by atoms with van der Waals surface area (Å²) < 4.78 is 1.75. The molecule has 1 heterocycles. The third kappa shape index (κ3) is 4.22. The normalized spacial score (nSPS) is 11.3. The highest BCUT2D eigenvalue weighted by molar-refractivity contribution is 7.71. The first-order valence-corrected chi connectivity index (χ1v) is 9.86. The van der Waals surface area contributed by atoms with Crippen molar-refractivity contribution in [1.82, 2.24) is 14.9 Å². The van der Waals surface area contributed by atoms with Gasteiger partial charge in [0.2, 0.25) is 4.77 Å². The number of phenolic OH excluding ortho intramolecular Hbond substituents is 1. The van der Waals surface area contributed by atoms with Crippen LogP contribution in [0.25, 0.3) is 11.4 Å². The van der Waals surface area contributed by atoms with Crippen LogP contribution >= 0.6 is 35.4 Å². The fourth-order valence-electron chi connectivity index (χ4n) is 2.79. The van der Waals surface area contributed by atoms with Gasteiger partial charge in [-0.3, -0.25) is 0 Å². The molecule has 0 fully saturated rings.